The SMILES string of the molecule is CN1C(=O)C(Nc2ccc(N3CCCC3)cc2)=C(c2ccc(Cl)cc2)C1=O. The van der Waals surface area contributed by atoms with E-state index in [0.717, 1.165) is 23.7 Å². The molecule has 0 saturated carbocycles. The number of likely N-dealkylation sites (N-methyl/N-ethyl adjacent to an activating group) is 1. The first-order chi connectivity index (χ1) is 13.0. The highest BCUT2D eigenvalue weighted by Crippen LogP contribution is 2.31. The lowest BCUT2D eigenvalue weighted by molar-refractivity contribution is -0.135. The zero-order valence-corrected chi connectivity index (χ0v) is 15.8. The molecule has 2 aromatic carbocycles. The monoisotopic (exact) mass is 381 g/mol. The van der Waals surface area contributed by atoms with Gasteiger partial charge in [-0.05, 0) is 54.8 Å². The number of nitrogens with zero attached hydrogens (tertiary/aromatic N) is 2. The molecule has 6 heteroatoms. The molecule has 0 bridgehead atoms. The number of hydrogen-bond donors (Lipinski definition) is 1. The number of rotatable bonds is 4. The largest absolute Gasteiger partial charge is 0.372 e. The Morgan fingerprint density at radius 2 is 1.52 bits per heavy atom. The minimum Gasteiger partial charge on any atom is -0.372 e. The van der Waals surface area contributed by atoms with Crippen LogP contribution < -0.4 is 10.2 Å². The summed E-state index contributed by atoms with van der Waals surface area (Å²) in [7, 11) is 1.49. The maximum absolute atomic E-state index is 12.6. The number of imide groups is 1. The summed E-state index contributed by atoms with van der Waals surface area (Å²) in [4.78, 5) is 28.7. The van der Waals surface area contributed by atoms with Crippen molar-refractivity contribution in [3.63, 3.8) is 0 Å². The smallest absolute Gasteiger partial charge is 0.277 e. The summed E-state index contributed by atoms with van der Waals surface area (Å²) in [6, 6.07) is 14.9. The van der Waals surface area contributed by atoms with E-state index in [0.29, 0.717) is 21.9 Å². The van der Waals surface area contributed by atoms with Crippen molar-refractivity contribution in [3.8, 4) is 0 Å². The van der Waals surface area contributed by atoms with Crippen LogP contribution in [-0.2, 0) is 9.59 Å². The van der Waals surface area contributed by atoms with E-state index in [1.807, 2.05) is 24.3 Å². The first-order valence-corrected chi connectivity index (χ1v) is 9.37. The Labute approximate surface area is 163 Å². The molecule has 0 spiro atoms. The third-order valence-corrected chi connectivity index (χ3v) is 5.28. The Morgan fingerprint density at radius 1 is 0.889 bits per heavy atom. The van der Waals surface area contributed by atoms with E-state index >= 15 is 0 Å². The number of hydrogen-bond acceptors (Lipinski definition) is 4. The van der Waals surface area contributed by atoms with Crippen LogP contribution in [0.1, 0.15) is 18.4 Å². The van der Waals surface area contributed by atoms with Crippen molar-refractivity contribution < 1.29 is 9.59 Å². The molecule has 2 aliphatic heterocycles. The van der Waals surface area contributed by atoms with E-state index in [1.165, 1.54) is 25.6 Å². The number of benzene rings is 2. The van der Waals surface area contributed by atoms with E-state index in [1.54, 1.807) is 24.3 Å². The zero-order chi connectivity index (χ0) is 19.0. The summed E-state index contributed by atoms with van der Waals surface area (Å²) in [6.07, 6.45) is 2.45. The Balaban J connectivity index is 1.65. The molecule has 5 nitrogen and oxygen atoms in total. The second-order valence-electron chi connectivity index (χ2n) is 6.79. The molecular formula is C21H20ClN3O2. The van der Waals surface area contributed by atoms with Crippen molar-refractivity contribution in [2.24, 2.45) is 0 Å². The Bertz CT molecular complexity index is 913. The van der Waals surface area contributed by atoms with Crippen LogP contribution in [0.15, 0.2) is 54.2 Å². The molecule has 1 fully saturated rings. The normalized spacial score (nSPS) is 17.3. The summed E-state index contributed by atoms with van der Waals surface area (Å²) in [5, 5.41) is 3.73. The Kier molecular flexibility index (Phi) is 4.62. The van der Waals surface area contributed by atoms with Crippen molar-refractivity contribution >= 4 is 40.4 Å². The molecular weight excluding hydrogens is 362 g/mol. The Hall–Kier alpha value is -2.79. The van der Waals surface area contributed by atoms with Gasteiger partial charge in [0.05, 0.1) is 5.57 Å². The molecule has 0 aromatic heterocycles. The average molecular weight is 382 g/mol. The number of anilines is 2. The maximum Gasteiger partial charge on any atom is 0.277 e. The van der Waals surface area contributed by atoms with Crippen LogP contribution in [-0.4, -0.2) is 36.9 Å². The fourth-order valence-corrected chi connectivity index (χ4v) is 3.64. The highest BCUT2D eigenvalue weighted by Gasteiger charge is 2.36. The van der Waals surface area contributed by atoms with E-state index in [9.17, 15) is 9.59 Å². The number of halogens is 1. The highest BCUT2D eigenvalue weighted by molar-refractivity contribution is 6.36. The average Bonchev–Trinajstić information content (AvgIpc) is 3.28. The second kappa shape index (κ2) is 7.08. The van der Waals surface area contributed by atoms with Crippen LogP contribution in [0.25, 0.3) is 5.57 Å². The standard InChI is InChI=1S/C21H20ClN3O2/c1-24-20(26)18(14-4-6-15(22)7-5-14)19(21(24)27)23-16-8-10-17(11-9-16)25-12-2-3-13-25/h4-11,23H,2-3,12-13H2,1H3. The van der Waals surface area contributed by atoms with Crippen molar-refractivity contribution in [1.29, 1.82) is 0 Å². The van der Waals surface area contributed by atoms with E-state index < -0.39 is 0 Å². The van der Waals surface area contributed by atoms with Crippen LogP contribution in [0.5, 0.6) is 0 Å². The lowest BCUT2D eigenvalue weighted by atomic mass is 10.0. The van der Waals surface area contributed by atoms with Gasteiger partial charge in [0.2, 0.25) is 0 Å². The van der Waals surface area contributed by atoms with E-state index in [4.69, 9.17) is 11.6 Å². The van der Waals surface area contributed by atoms with Crippen molar-refractivity contribution in [1.82, 2.24) is 4.90 Å². The molecule has 2 aliphatic rings. The summed E-state index contributed by atoms with van der Waals surface area (Å²) in [5.74, 6) is -0.660. The minimum absolute atomic E-state index is 0.291. The molecule has 2 amide bonds. The first kappa shape index (κ1) is 17.6. The molecule has 2 aromatic rings. The van der Waals surface area contributed by atoms with Gasteiger partial charge in [0, 0.05) is 36.5 Å². The van der Waals surface area contributed by atoms with Gasteiger partial charge in [-0.1, -0.05) is 23.7 Å². The summed E-state index contributed by atoms with van der Waals surface area (Å²) >= 11 is 5.95. The first-order valence-electron chi connectivity index (χ1n) is 8.99. The number of nitrogens with one attached hydrogen (secondary N) is 1. The summed E-state index contributed by atoms with van der Waals surface area (Å²) in [6.45, 7) is 2.16. The van der Waals surface area contributed by atoms with E-state index in [-0.39, 0.29) is 11.8 Å². The molecule has 138 valence electrons. The minimum atomic E-state index is -0.339. The molecule has 0 radical (unpaired) electrons. The molecule has 1 saturated heterocycles. The number of amides is 2. The van der Waals surface area contributed by atoms with Crippen molar-refractivity contribution in [2.45, 2.75) is 12.8 Å². The predicted octanol–water partition coefficient (Wildman–Crippen LogP) is 3.76. The third kappa shape index (κ3) is 3.30. The van der Waals surface area contributed by atoms with Crippen LogP contribution in [0.4, 0.5) is 11.4 Å². The highest BCUT2D eigenvalue weighted by atomic mass is 35.5. The fourth-order valence-electron chi connectivity index (χ4n) is 3.52. The third-order valence-electron chi connectivity index (χ3n) is 5.03. The topological polar surface area (TPSA) is 52.7 Å². The van der Waals surface area contributed by atoms with Gasteiger partial charge in [-0.15, -0.1) is 0 Å². The van der Waals surface area contributed by atoms with Gasteiger partial charge in [0.25, 0.3) is 11.8 Å². The summed E-state index contributed by atoms with van der Waals surface area (Å²) in [5.41, 5.74) is 3.27. The van der Waals surface area contributed by atoms with Gasteiger partial charge in [-0.25, -0.2) is 0 Å². The van der Waals surface area contributed by atoms with Crippen LogP contribution >= 0.6 is 11.6 Å². The van der Waals surface area contributed by atoms with Crippen LogP contribution in [0.3, 0.4) is 0 Å². The van der Waals surface area contributed by atoms with Gasteiger partial charge >= 0.3 is 0 Å². The summed E-state index contributed by atoms with van der Waals surface area (Å²) < 4.78 is 0. The van der Waals surface area contributed by atoms with Crippen LogP contribution in [0.2, 0.25) is 5.02 Å². The predicted molar refractivity (Wildman–Crippen MR) is 108 cm³/mol. The van der Waals surface area contributed by atoms with Crippen LogP contribution in [0, 0.1) is 0 Å². The maximum atomic E-state index is 12.6. The molecule has 27 heavy (non-hydrogen) atoms. The van der Waals surface area contributed by atoms with Gasteiger partial charge < -0.3 is 10.2 Å². The number of carbonyl (C=O) groups excluding carboxylic acids is 2. The molecule has 1 N–H and O–H groups in total. The molecule has 2 heterocycles. The lowest BCUT2D eigenvalue weighted by Crippen LogP contribution is -2.27. The van der Waals surface area contributed by atoms with Gasteiger partial charge in [-0.3, -0.25) is 14.5 Å². The second-order valence-corrected chi connectivity index (χ2v) is 7.23. The molecule has 0 aliphatic carbocycles. The van der Waals surface area contributed by atoms with Gasteiger partial charge in [0.15, 0.2) is 0 Å². The molecule has 0 unspecified atom stereocenters. The number of carbonyl (C=O) groups is 2. The Morgan fingerprint density at radius 3 is 2.15 bits per heavy atom. The lowest BCUT2D eigenvalue weighted by Gasteiger charge is -2.18. The van der Waals surface area contributed by atoms with Gasteiger partial charge in [0.1, 0.15) is 5.70 Å². The quantitative estimate of drug-likeness (QED) is 0.819. The fraction of sp³-hybridized carbons (Fsp3) is 0.238. The van der Waals surface area contributed by atoms with Gasteiger partial charge in [-0.2, -0.15) is 0 Å². The van der Waals surface area contributed by atoms with E-state index in [2.05, 4.69) is 10.2 Å². The molecule has 4 rings (SSSR count). The zero-order valence-electron chi connectivity index (χ0n) is 15.0. The molecule has 0 atom stereocenters. The van der Waals surface area contributed by atoms with Crippen molar-refractivity contribution in [2.75, 3.05) is 30.4 Å². The van der Waals surface area contributed by atoms with Crippen molar-refractivity contribution in [3.05, 3.63) is 64.8 Å².